The van der Waals surface area contributed by atoms with Crippen molar-refractivity contribution in [1.82, 2.24) is 4.98 Å². The van der Waals surface area contributed by atoms with Crippen LogP contribution in [0.4, 0.5) is 14.4 Å². The molecule has 0 spiro atoms. The van der Waals surface area contributed by atoms with Crippen LogP contribution < -0.4 is 5.32 Å². The van der Waals surface area contributed by atoms with E-state index in [0.717, 1.165) is 11.8 Å². The van der Waals surface area contributed by atoms with Crippen LogP contribution in [0.5, 0.6) is 0 Å². The highest BCUT2D eigenvalue weighted by Gasteiger charge is 2.20. The van der Waals surface area contributed by atoms with Gasteiger partial charge in [-0.2, -0.15) is 8.42 Å². The van der Waals surface area contributed by atoms with Crippen LogP contribution in [-0.2, 0) is 21.6 Å². The number of halogens is 1. The molecule has 0 aliphatic carbocycles. The maximum Gasteiger partial charge on any atom is 0.412 e. The Morgan fingerprint density at radius 3 is 2.57 bits per heavy atom. The van der Waals surface area contributed by atoms with E-state index in [-0.39, 0.29) is 12.3 Å². The van der Waals surface area contributed by atoms with E-state index in [1.807, 2.05) is 6.07 Å². The summed E-state index contributed by atoms with van der Waals surface area (Å²) in [6, 6.07) is 11.5. The zero-order valence-corrected chi connectivity index (χ0v) is 11.5. The second-order valence-electron chi connectivity index (χ2n) is 3.98. The van der Waals surface area contributed by atoms with Gasteiger partial charge >= 0.3 is 16.3 Å². The molecule has 0 saturated carbocycles. The van der Waals surface area contributed by atoms with Gasteiger partial charge < -0.3 is 4.74 Å². The second-order valence-corrected chi connectivity index (χ2v) is 5.24. The van der Waals surface area contributed by atoms with Crippen LogP contribution in [0.25, 0.3) is 0 Å². The average Bonchev–Trinajstić information content (AvgIpc) is 2.46. The number of nitrogens with zero attached hydrogens (tertiary/aromatic N) is 1. The lowest BCUT2D eigenvalue weighted by atomic mass is 10.2. The van der Waals surface area contributed by atoms with Gasteiger partial charge in [0.25, 0.3) is 0 Å². The van der Waals surface area contributed by atoms with E-state index >= 15 is 0 Å². The van der Waals surface area contributed by atoms with Crippen LogP contribution in [0.3, 0.4) is 0 Å². The van der Waals surface area contributed by atoms with E-state index in [4.69, 9.17) is 4.74 Å². The maximum atomic E-state index is 13.0. The Labute approximate surface area is 120 Å². The molecule has 1 aromatic heterocycles. The number of carbonyl (C=O) groups excluding carboxylic acids is 1. The number of carbonyl (C=O) groups is 1. The first-order chi connectivity index (χ1) is 9.97. The summed E-state index contributed by atoms with van der Waals surface area (Å²) in [4.78, 5) is 15.0. The Bertz CT molecular complexity index is 735. The Morgan fingerprint density at radius 1 is 1.19 bits per heavy atom. The molecule has 8 heteroatoms. The van der Waals surface area contributed by atoms with Gasteiger partial charge in [0.05, 0.1) is 5.69 Å². The number of aromatic nitrogens is 1. The lowest BCUT2D eigenvalue weighted by molar-refractivity contribution is 0.155. The summed E-state index contributed by atoms with van der Waals surface area (Å²) < 4.78 is 39.7. The SMILES string of the molecule is O=C(Nc1cccnc1S(=O)(=O)F)OCc1ccccc1. The fourth-order valence-corrected chi connectivity index (χ4v) is 2.12. The number of pyridine rings is 1. The van der Waals surface area contributed by atoms with Crippen molar-refractivity contribution in [1.29, 1.82) is 0 Å². The van der Waals surface area contributed by atoms with E-state index in [2.05, 4.69) is 10.3 Å². The van der Waals surface area contributed by atoms with Crippen molar-refractivity contribution < 1.29 is 21.8 Å². The first-order valence-electron chi connectivity index (χ1n) is 5.84. The van der Waals surface area contributed by atoms with Crippen LogP contribution in [0.2, 0.25) is 0 Å². The monoisotopic (exact) mass is 310 g/mol. The summed E-state index contributed by atoms with van der Waals surface area (Å²) in [5, 5.41) is 1.28. The molecule has 21 heavy (non-hydrogen) atoms. The lowest BCUT2D eigenvalue weighted by Crippen LogP contribution is -2.15. The van der Waals surface area contributed by atoms with Gasteiger partial charge in [0.15, 0.2) is 0 Å². The van der Waals surface area contributed by atoms with Gasteiger partial charge in [0, 0.05) is 6.20 Å². The highest BCUT2D eigenvalue weighted by molar-refractivity contribution is 7.86. The van der Waals surface area contributed by atoms with Crippen LogP contribution in [0, 0.1) is 0 Å². The molecule has 0 aliphatic rings. The molecule has 0 atom stereocenters. The molecule has 0 saturated heterocycles. The molecule has 0 aliphatic heterocycles. The first-order valence-corrected chi connectivity index (χ1v) is 7.22. The predicted octanol–water partition coefficient (Wildman–Crippen LogP) is 2.49. The van der Waals surface area contributed by atoms with Gasteiger partial charge in [-0.15, -0.1) is 0 Å². The van der Waals surface area contributed by atoms with E-state index < -0.39 is 21.3 Å². The highest BCUT2D eigenvalue weighted by atomic mass is 32.3. The van der Waals surface area contributed by atoms with Crippen molar-refractivity contribution in [3.63, 3.8) is 0 Å². The zero-order valence-electron chi connectivity index (χ0n) is 10.7. The molecule has 2 rings (SSSR count). The number of nitrogens with one attached hydrogen (secondary N) is 1. The van der Waals surface area contributed by atoms with Gasteiger partial charge in [0.2, 0.25) is 5.03 Å². The molecular weight excluding hydrogens is 299 g/mol. The first kappa shape index (κ1) is 14.9. The van der Waals surface area contributed by atoms with Gasteiger partial charge in [-0.3, -0.25) is 5.32 Å². The average molecular weight is 310 g/mol. The summed E-state index contributed by atoms with van der Waals surface area (Å²) in [6.45, 7) is 0.00461. The van der Waals surface area contributed by atoms with Crippen molar-refractivity contribution in [2.45, 2.75) is 11.6 Å². The quantitative estimate of drug-likeness (QED) is 0.877. The van der Waals surface area contributed by atoms with Crippen molar-refractivity contribution >= 4 is 22.0 Å². The van der Waals surface area contributed by atoms with Gasteiger partial charge in [0.1, 0.15) is 6.61 Å². The van der Waals surface area contributed by atoms with E-state index in [9.17, 15) is 17.1 Å². The Kier molecular flexibility index (Phi) is 4.49. The van der Waals surface area contributed by atoms with E-state index in [0.29, 0.717) is 0 Å². The minimum absolute atomic E-state index is 0.00461. The molecule has 0 radical (unpaired) electrons. The van der Waals surface area contributed by atoms with Gasteiger partial charge in [-0.25, -0.2) is 9.78 Å². The second kappa shape index (κ2) is 6.31. The molecule has 110 valence electrons. The van der Waals surface area contributed by atoms with Crippen molar-refractivity contribution in [2.24, 2.45) is 0 Å². The number of amides is 1. The molecule has 0 fully saturated rings. The summed E-state index contributed by atoms with van der Waals surface area (Å²) in [5.41, 5.74) is 0.482. The van der Waals surface area contributed by atoms with Crippen molar-refractivity contribution in [3.05, 3.63) is 54.2 Å². The molecule has 1 aromatic carbocycles. The van der Waals surface area contributed by atoms with Crippen LogP contribution in [0.1, 0.15) is 5.56 Å². The van der Waals surface area contributed by atoms with E-state index in [1.165, 1.54) is 12.1 Å². The number of hydrogen-bond donors (Lipinski definition) is 1. The molecule has 0 bridgehead atoms. The number of ether oxygens (including phenoxy) is 1. The summed E-state index contributed by atoms with van der Waals surface area (Å²) in [6.07, 6.45) is 0.198. The third-order valence-electron chi connectivity index (χ3n) is 2.45. The summed E-state index contributed by atoms with van der Waals surface area (Å²) in [7, 11) is -5.03. The van der Waals surface area contributed by atoms with Crippen molar-refractivity contribution in [3.8, 4) is 0 Å². The van der Waals surface area contributed by atoms with E-state index in [1.54, 1.807) is 24.3 Å². The minimum Gasteiger partial charge on any atom is -0.444 e. The fraction of sp³-hybridized carbons (Fsp3) is 0.0769. The largest absolute Gasteiger partial charge is 0.444 e. The zero-order chi connectivity index (χ0) is 15.3. The molecule has 1 heterocycles. The smallest absolute Gasteiger partial charge is 0.412 e. The third-order valence-corrected chi connectivity index (χ3v) is 3.24. The minimum atomic E-state index is -5.03. The predicted molar refractivity (Wildman–Crippen MR) is 72.8 cm³/mol. The molecule has 1 N–H and O–H groups in total. The van der Waals surface area contributed by atoms with Crippen LogP contribution in [-0.4, -0.2) is 19.5 Å². The third kappa shape index (κ3) is 4.25. The number of benzene rings is 1. The summed E-state index contributed by atoms with van der Waals surface area (Å²) in [5.74, 6) is 0. The molecule has 6 nitrogen and oxygen atoms in total. The Morgan fingerprint density at radius 2 is 1.90 bits per heavy atom. The van der Waals surface area contributed by atoms with Crippen LogP contribution in [0.15, 0.2) is 53.7 Å². The fourth-order valence-electron chi connectivity index (χ4n) is 1.55. The molecular formula is C13H11FN2O4S. The number of anilines is 1. The highest BCUT2D eigenvalue weighted by Crippen LogP contribution is 2.20. The Balaban J connectivity index is 2.04. The number of hydrogen-bond acceptors (Lipinski definition) is 5. The van der Waals surface area contributed by atoms with Crippen LogP contribution >= 0.6 is 0 Å². The number of rotatable bonds is 4. The van der Waals surface area contributed by atoms with Gasteiger partial charge in [-0.1, -0.05) is 34.2 Å². The van der Waals surface area contributed by atoms with Gasteiger partial charge in [-0.05, 0) is 17.7 Å². The standard InChI is InChI=1S/C13H11FN2O4S/c14-21(18,19)12-11(7-4-8-15-12)16-13(17)20-9-10-5-2-1-3-6-10/h1-8H,9H2,(H,16,17). The summed E-state index contributed by atoms with van der Waals surface area (Å²) >= 11 is 0. The lowest BCUT2D eigenvalue weighted by Gasteiger charge is -2.08. The topological polar surface area (TPSA) is 85.4 Å². The van der Waals surface area contributed by atoms with Crippen molar-refractivity contribution in [2.75, 3.05) is 5.32 Å². The molecule has 2 aromatic rings. The molecule has 0 unspecified atom stereocenters. The molecule has 1 amide bonds. The Hall–Kier alpha value is -2.48. The normalized spacial score (nSPS) is 10.9. The maximum absolute atomic E-state index is 13.0.